The molecular weight excluding hydrogens is 393 g/mol. The number of hydrogen-bond acceptors (Lipinski definition) is 2. The monoisotopic (exact) mass is 419 g/mol. The van der Waals surface area contributed by atoms with E-state index in [4.69, 9.17) is 4.74 Å². The van der Waals surface area contributed by atoms with Gasteiger partial charge in [0.05, 0.1) is 4.47 Å². The molecule has 3 rings (SSSR count). The predicted octanol–water partition coefficient (Wildman–Crippen LogP) is 5.66. The van der Waals surface area contributed by atoms with E-state index in [1.165, 1.54) is 0 Å². The summed E-state index contributed by atoms with van der Waals surface area (Å²) in [6.45, 7) is 5.90. The first-order chi connectivity index (χ1) is 12.5. The Kier molecular flexibility index (Phi) is 6.71. The van der Waals surface area contributed by atoms with Crippen molar-refractivity contribution in [2.75, 3.05) is 6.54 Å². The van der Waals surface area contributed by atoms with Crippen molar-refractivity contribution in [3.05, 3.63) is 63.4 Å². The molecule has 1 atom stereocenters. The number of ether oxygens (including phenoxy) is 1. The van der Waals surface area contributed by atoms with E-state index in [0.717, 1.165) is 48.9 Å². The highest BCUT2D eigenvalue weighted by molar-refractivity contribution is 9.10. The van der Waals surface area contributed by atoms with E-state index < -0.39 is 0 Å². The zero-order valence-corrected chi connectivity index (χ0v) is 17.1. The van der Waals surface area contributed by atoms with Gasteiger partial charge in [0.1, 0.15) is 18.2 Å². The van der Waals surface area contributed by atoms with Crippen molar-refractivity contribution in [3.8, 4) is 5.75 Å². The van der Waals surface area contributed by atoms with Crippen LogP contribution >= 0.6 is 15.9 Å². The fraction of sp³-hybridized carbons (Fsp3) is 0.455. The normalized spacial score (nSPS) is 16.6. The standard InChI is InChI=1S/C22H27BrFNO/c1-15(2)10-11-25-18-9-8-17-12-20(21(23)22(24)19(17)13-18)26-14-16-6-4-3-5-7-16/h3-7,12,15,18,25H,8-11,13-14H2,1-2H3/t18-/m1/s1. The summed E-state index contributed by atoms with van der Waals surface area (Å²) in [5, 5.41) is 3.59. The second-order valence-electron chi connectivity index (χ2n) is 7.49. The van der Waals surface area contributed by atoms with Gasteiger partial charge in [-0.25, -0.2) is 4.39 Å². The summed E-state index contributed by atoms with van der Waals surface area (Å²) in [6, 6.07) is 12.3. The van der Waals surface area contributed by atoms with Crippen molar-refractivity contribution in [2.24, 2.45) is 5.92 Å². The number of nitrogens with one attached hydrogen (secondary N) is 1. The molecule has 2 nitrogen and oxygen atoms in total. The number of hydrogen-bond donors (Lipinski definition) is 1. The van der Waals surface area contributed by atoms with Crippen molar-refractivity contribution in [3.63, 3.8) is 0 Å². The Morgan fingerprint density at radius 3 is 2.77 bits per heavy atom. The molecule has 0 saturated carbocycles. The molecule has 0 radical (unpaired) electrons. The van der Waals surface area contributed by atoms with Crippen molar-refractivity contribution in [1.82, 2.24) is 5.32 Å². The van der Waals surface area contributed by atoms with Gasteiger partial charge in [-0.05, 0) is 76.8 Å². The van der Waals surface area contributed by atoms with Crippen molar-refractivity contribution < 1.29 is 9.13 Å². The maximum absolute atomic E-state index is 14.9. The van der Waals surface area contributed by atoms with Gasteiger partial charge in [-0.3, -0.25) is 0 Å². The lowest BCUT2D eigenvalue weighted by atomic mass is 9.87. The summed E-state index contributed by atoms with van der Waals surface area (Å²) >= 11 is 3.40. The summed E-state index contributed by atoms with van der Waals surface area (Å²) in [5.41, 5.74) is 2.99. The van der Waals surface area contributed by atoms with Crippen LogP contribution in [0, 0.1) is 11.7 Å². The largest absolute Gasteiger partial charge is 0.488 e. The molecule has 2 aromatic rings. The molecule has 0 aliphatic heterocycles. The molecule has 1 aliphatic carbocycles. The predicted molar refractivity (Wildman–Crippen MR) is 108 cm³/mol. The van der Waals surface area contributed by atoms with Crippen LogP contribution in [0.5, 0.6) is 5.75 Å². The van der Waals surface area contributed by atoms with Gasteiger partial charge >= 0.3 is 0 Å². The van der Waals surface area contributed by atoms with E-state index in [2.05, 4.69) is 35.1 Å². The first kappa shape index (κ1) is 19.4. The number of aryl methyl sites for hydroxylation is 1. The Labute approximate surface area is 164 Å². The molecular formula is C22H27BrFNO. The molecule has 0 aromatic heterocycles. The number of benzene rings is 2. The SMILES string of the molecule is CC(C)CCN[C@@H]1CCc2cc(OCc3ccccc3)c(Br)c(F)c2C1. The molecule has 0 unspecified atom stereocenters. The van der Waals surface area contributed by atoms with Gasteiger partial charge in [-0.15, -0.1) is 0 Å². The van der Waals surface area contributed by atoms with Crippen LogP contribution in [0.2, 0.25) is 0 Å². The van der Waals surface area contributed by atoms with Crippen LogP contribution in [0.15, 0.2) is 40.9 Å². The molecule has 0 amide bonds. The molecule has 0 saturated heterocycles. The van der Waals surface area contributed by atoms with Crippen molar-refractivity contribution >= 4 is 15.9 Å². The zero-order valence-electron chi connectivity index (χ0n) is 15.5. The molecule has 0 bridgehead atoms. The maximum Gasteiger partial charge on any atom is 0.144 e. The second kappa shape index (κ2) is 9.01. The molecule has 1 N–H and O–H groups in total. The second-order valence-corrected chi connectivity index (χ2v) is 8.28. The van der Waals surface area contributed by atoms with Gasteiger partial charge in [-0.1, -0.05) is 44.2 Å². The Bertz CT molecular complexity index is 733. The summed E-state index contributed by atoms with van der Waals surface area (Å²) in [4.78, 5) is 0. The lowest BCUT2D eigenvalue weighted by Gasteiger charge is -2.27. The Balaban J connectivity index is 1.68. The van der Waals surface area contributed by atoms with E-state index in [0.29, 0.717) is 28.8 Å². The Hall–Kier alpha value is -1.39. The highest BCUT2D eigenvalue weighted by Gasteiger charge is 2.25. The smallest absolute Gasteiger partial charge is 0.144 e. The summed E-state index contributed by atoms with van der Waals surface area (Å²) in [7, 11) is 0. The molecule has 2 aromatic carbocycles. The molecule has 26 heavy (non-hydrogen) atoms. The third-order valence-electron chi connectivity index (χ3n) is 4.97. The van der Waals surface area contributed by atoms with Crippen molar-refractivity contribution in [2.45, 2.75) is 52.2 Å². The van der Waals surface area contributed by atoms with Crippen LogP contribution in [0.3, 0.4) is 0 Å². The fourth-order valence-electron chi connectivity index (χ4n) is 3.40. The maximum atomic E-state index is 14.9. The van der Waals surface area contributed by atoms with E-state index in [9.17, 15) is 4.39 Å². The van der Waals surface area contributed by atoms with Crippen LogP contribution in [0.4, 0.5) is 4.39 Å². The number of fused-ring (bicyclic) bond motifs is 1. The molecule has 140 valence electrons. The number of rotatable bonds is 7. The molecule has 0 fully saturated rings. The lowest BCUT2D eigenvalue weighted by Crippen LogP contribution is -2.36. The minimum Gasteiger partial charge on any atom is -0.488 e. The van der Waals surface area contributed by atoms with Gasteiger partial charge in [0, 0.05) is 6.04 Å². The first-order valence-corrected chi connectivity index (χ1v) is 10.2. The average molecular weight is 420 g/mol. The van der Waals surface area contributed by atoms with Crippen LogP contribution in [-0.4, -0.2) is 12.6 Å². The molecule has 4 heteroatoms. The minimum atomic E-state index is -0.166. The molecule has 1 aliphatic rings. The van der Waals surface area contributed by atoms with Crippen LogP contribution in [-0.2, 0) is 19.4 Å². The third-order valence-corrected chi connectivity index (χ3v) is 5.71. The summed E-state index contributed by atoms with van der Waals surface area (Å²) in [6.07, 6.45) is 3.84. The summed E-state index contributed by atoms with van der Waals surface area (Å²) < 4.78 is 21.3. The van der Waals surface area contributed by atoms with Gasteiger partial charge in [0.25, 0.3) is 0 Å². The number of halogens is 2. The van der Waals surface area contributed by atoms with Crippen molar-refractivity contribution in [1.29, 1.82) is 0 Å². The van der Waals surface area contributed by atoms with E-state index in [-0.39, 0.29) is 5.82 Å². The van der Waals surface area contributed by atoms with Gasteiger partial charge in [0.15, 0.2) is 0 Å². The first-order valence-electron chi connectivity index (χ1n) is 9.44. The molecule has 0 heterocycles. The van der Waals surface area contributed by atoms with Gasteiger partial charge in [0.2, 0.25) is 0 Å². The Morgan fingerprint density at radius 2 is 2.04 bits per heavy atom. The van der Waals surface area contributed by atoms with Gasteiger partial charge < -0.3 is 10.1 Å². The lowest BCUT2D eigenvalue weighted by molar-refractivity contribution is 0.300. The highest BCUT2D eigenvalue weighted by Crippen LogP contribution is 2.36. The van der Waals surface area contributed by atoms with E-state index >= 15 is 0 Å². The minimum absolute atomic E-state index is 0.166. The Morgan fingerprint density at radius 1 is 1.27 bits per heavy atom. The summed E-state index contributed by atoms with van der Waals surface area (Å²) in [5.74, 6) is 1.12. The molecule has 0 spiro atoms. The highest BCUT2D eigenvalue weighted by atomic mass is 79.9. The van der Waals surface area contributed by atoms with Gasteiger partial charge in [-0.2, -0.15) is 0 Å². The zero-order chi connectivity index (χ0) is 18.5. The third kappa shape index (κ3) is 4.86. The van der Waals surface area contributed by atoms with Crippen LogP contribution < -0.4 is 10.1 Å². The topological polar surface area (TPSA) is 21.3 Å². The van der Waals surface area contributed by atoms with Crippen LogP contribution in [0.1, 0.15) is 43.4 Å². The van der Waals surface area contributed by atoms with E-state index in [1.54, 1.807) is 0 Å². The van der Waals surface area contributed by atoms with Crippen LogP contribution in [0.25, 0.3) is 0 Å². The fourth-order valence-corrected chi connectivity index (χ4v) is 3.87. The quantitative estimate of drug-likeness (QED) is 0.624. The average Bonchev–Trinajstić information content (AvgIpc) is 2.64. The van der Waals surface area contributed by atoms with E-state index in [1.807, 2.05) is 36.4 Å².